The Morgan fingerprint density at radius 3 is 2.67 bits per heavy atom. The van der Waals surface area contributed by atoms with Gasteiger partial charge in [0.15, 0.2) is 5.96 Å². The summed E-state index contributed by atoms with van der Waals surface area (Å²) in [5.41, 5.74) is 6.91. The van der Waals surface area contributed by atoms with E-state index >= 15 is 0 Å². The van der Waals surface area contributed by atoms with Crippen LogP contribution in [0.5, 0.6) is 0 Å². The molecule has 2 aromatic rings. The van der Waals surface area contributed by atoms with E-state index in [0.717, 1.165) is 17.1 Å². The zero-order valence-corrected chi connectivity index (χ0v) is 10.4. The molecule has 0 amide bonds. The third-order valence-corrected chi connectivity index (χ3v) is 2.51. The van der Waals surface area contributed by atoms with Crippen LogP contribution in [0.1, 0.15) is 17.1 Å². The van der Waals surface area contributed by atoms with Crippen LogP contribution in [-0.4, -0.2) is 5.96 Å². The SMILES string of the molecule is Cc1ccc(CNC(N)=NCc2ccccc2)o1. The standard InChI is InChI=1S/C14H17N3O/c1-11-7-8-13(18-11)10-17-14(15)16-9-12-5-3-2-4-6-12/h2-8H,9-10H2,1H3,(H3,15,16,17). The fourth-order valence-corrected chi connectivity index (χ4v) is 1.57. The van der Waals surface area contributed by atoms with Crippen LogP contribution in [0.3, 0.4) is 0 Å². The Morgan fingerprint density at radius 1 is 1.22 bits per heavy atom. The van der Waals surface area contributed by atoms with Crippen LogP contribution < -0.4 is 11.1 Å². The van der Waals surface area contributed by atoms with Gasteiger partial charge in [-0.05, 0) is 24.6 Å². The zero-order valence-electron chi connectivity index (χ0n) is 10.4. The molecule has 0 radical (unpaired) electrons. The number of nitrogens with one attached hydrogen (secondary N) is 1. The van der Waals surface area contributed by atoms with Crippen molar-refractivity contribution in [3.05, 3.63) is 59.5 Å². The number of hydrogen-bond acceptors (Lipinski definition) is 2. The first-order chi connectivity index (χ1) is 8.74. The predicted octanol–water partition coefficient (Wildman–Crippen LogP) is 2.19. The molecule has 4 nitrogen and oxygen atoms in total. The maximum Gasteiger partial charge on any atom is 0.189 e. The molecular formula is C14H17N3O. The number of nitrogens with zero attached hydrogens (tertiary/aromatic N) is 1. The Labute approximate surface area is 107 Å². The molecule has 94 valence electrons. The number of rotatable bonds is 4. The topological polar surface area (TPSA) is 63.5 Å². The maximum atomic E-state index is 5.77. The Balaban J connectivity index is 1.82. The van der Waals surface area contributed by atoms with E-state index in [-0.39, 0.29) is 0 Å². The molecule has 0 bridgehead atoms. The lowest BCUT2D eigenvalue weighted by molar-refractivity contribution is 0.477. The highest BCUT2D eigenvalue weighted by Gasteiger charge is 1.98. The number of nitrogens with two attached hydrogens (primary N) is 1. The van der Waals surface area contributed by atoms with Crippen molar-refractivity contribution in [3.8, 4) is 0 Å². The highest BCUT2D eigenvalue weighted by molar-refractivity contribution is 5.77. The number of hydrogen-bond donors (Lipinski definition) is 2. The van der Waals surface area contributed by atoms with Gasteiger partial charge in [0.05, 0.1) is 13.1 Å². The molecule has 0 atom stereocenters. The summed E-state index contributed by atoms with van der Waals surface area (Å²) in [7, 11) is 0. The van der Waals surface area contributed by atoms with Gasteiger partial charge < -0.3 is 15.5 Å². The Bertz CT molecular complexity index is 517. The largest absolute Gasteiger partial charge is 0.465 e. The third kappa shape index (κ3) is 3.66. The lowest BCUT2D eigenvalue weighted by Gasteiger charge is -2.03. The molecule has 18 heavy (non-hydrogen) atoms. The van der Waals surface area contributed by atoms with Crippen LogP contribution in [0.25, 0.3) is 0 Å². The monoisotopic (exact) mass is 243 g/mol. The van der Waals surface area contributed by atoms with Crippen molar-refractivity contribution in [2.75, 3.05) is 0 Å². The molecule has 1 heterocycles. The van der Waals surface area contributed by atoms with Crippen molar-refractivity contribution in [1.29, 1.82) is 0 Å². The number of benzene rings is 1. The van der Waals surface area contributed by atoms with Gasteiger partial charge in [-0.15, -0.1) is 0 Å². The summed E-state index contributed by atoms with van der Waals surface area (Å²) in [6, 6.07) is 13.8. The minimum Gasteiger partial charge on any atom is -0.465 e. The quantitative estimate of drug-likeness (QED) is 0.639. The molecule has 0 saturated carbocycles. The van der Waals surface area contributed by atoms with Gasteiger partial charge in [0.25, 0.3) is 0 Å². The molecule has 0 aliphatic carbocycles. The highest BCUT2D eigenvalue weighted by Crippen LogP contribution is 2.05. The summed E-state index contributed by atoms with van der Waals surface area (Å²) in [5, 5.41) is 3.02. The first kappa shape index (κ1) is 12.2. The minimum absolute atomic E-state index is 0.424. The van der Waals surface area contributed by atoms with Gasteiger partial charge in [-0.1, -0.05) is 30.3 Å². The van der Waals surface area contributed by atoms with Gasteiger partial charge in [0.2, 0.25) is 0 Å². The van der Waals surface area contributed by atoms with Gasteiger partial charge in [-0.2, -0.15) is 0 Å². The number of aryl methyl sites for hydroxylation is 1. The molecule has 0 unspecified atom stereocenters. The summed E-state index contributed by atoms with van der Waals surface area (Å²) < 4.78 is 5.42. The van der Waals surface area contributed by atoms with Crippen LogP contribution in [0, 0.1) is 6.92 Å². The van der Waals surface area contributed by atoms with Crippen molar-refractivity contribution in [1.82, 2.24) is 5.32 Å². The van der Waals surface area contributed by atoms with Gasteiger partial charge >= 0.3 is 0 Å². The molecule has 0 spiro atoms. The second kappa shape index (κ2) is 5.91. The molecule has 2 rings (SSSR count). The summed E-state index contributed by atoms with van der Waals surface area (Å²) in [4.78, 5) is 4.26. The molecule has 0 saturated heterocycles. The second-order valence-electron chi connectivity index (χ2n) is 4.05. The lowest BCUT2D eigenvalue weighted by Crippen LogP contribution is -2.30. The summed E-state index contributed by atoms with van der Waals surface area (Å²) in [6.45, 7) is 3.05. The van der Waals surface area contributed by atoms with Crippen molar-refractivity contribution in [3.63, 3.8) is 0 Å². The second-order valence-corrected chi connectivity index (χ2v) is 4.05. The van der Waals surface area contributed by atoms with Crippen LogP contribution in [0.4, 0.5) is 0 Å². The van der Waals surface area contributed by atoms with Gasteiger partial charge in [0, 0.05) is 0 Å². The van der Waals surface area contributed by atoms with E-state index in [1.807, 2.05) is 49.4 Å². The normalized spacial score (nSPS) is 11.5. The van der Waals surface area contributed by atoms with Crippen molar-refractivity contribution < 1.29 is 4.42 Å². The van der Waals surface area contributed by atoms with Gasteiger partial charge in [-0.25, -0.2) is 4.99 Å². The van der Waals surface area contributed by atoms with Crippen molar-refractivity contribution >= 4 is 5.96 Å². The summed E-state index contributed by atoms with van der Waals surface area (Å²) in [6.07, 6.45) is 0. The first-order valence-electron chi connectivity index (χ1n) is 5.87. The molecule has 4 heteroatoms. The van der Waals surface area contributed by atoms with Crippen molar-refractivity contribution in [2.45, 2.75) is 20.0 Å². The maximum absolute atomic E-state index is 5.77. The number of furan rings is 1. The fraction of sp³-hybridized carbons (Fsp3) is 0.214. The molecule has 3 N–H and O–H groups in total. The highest BCUT2D eigenvalue weighted by atomic mass is 16.3. The third-order valence-electron chi connectivity index (χ3n) is 2.51. The minimum atomic E-state index is 0.424. The van der Waals surface area contributed by atoms with E-state index in [0.29, 0.717) is 19.0 Å². The average Bonchev–Trinajstić information content (AvgIpc) is 2.81. The smallest absolute Gasteiger partial charge is 0.189 e. The van der Waals surface area contributed by atoms with Crippen LogP contribution >= 0.6 is 0 Å². The van der Waals surface area contributed by atoms with Gasteiger partial charge in [-0.3, -0.25) is 0 Å². The first-order valence-corrected chi connectivity index (χ1v) is 5.87. The van der Waals surface area contributed by atoms with E-state index in [1.54, 1.807) is 0 Å². The molecule has 1 aromatic carbocycles. The predicted molar refractivity (Wildman–Crippen MR) is 72.1 cm³/mol. The molecule has 0 aliphatic heterocycles. The van der Waals surface area contributed by atoms with E-state index in [1.165, 1.54) is 0 Å². The molecular weight excluding hydrogens is 226 g/mol. The Hall–Kier alpha value is -2.23. The average molecular weight is 243 g/mol. The molecule has 0 aliphatic rings. The number of guanidine groups is 1. The van der Waals surface area contributed by atoms with E-state index in [4.69, 9.17) is 10.2 Å². The Morgan fingerprint density at radius 2 is 2.00 bits per heavy atom. The van der Waals surface area contributed by atoms with E-state index in [9.17, 15) is 0 Å². The zero-order chi connectivity index (χ0) is 12.8. The van der Waals surface area contributed by atoms with E-state index in [2.05, 4.69) is 10.3 Å². The Kier molecular flexibility index (Phi) is 4.02. The van der Waals surface area contributed by atoms with Gasteiger partial charge in [0.1, 0.15) is 11.5 Å². The van der Waals surface area contributed by atoms with Crippen LogP contribution in [0.2, 0.25) is 0 Å². The molecule has 0 fully saturated rings. The van der Waals surface area contributed by atoms with Crippen molar-refractivity contribution in [2.24, 2.45) is 10.7 Å². The molecule has 1 aromatic heterocycles. The summed E-state index contributed by atoms with van der Waals surface area (Å²) >= 11 is 0. The van der Waals surface area contributed by atoms with Crippen LogP contribution in [-0.2, 0) is 13.1 Å². The summed E-state index contributed by atoms with van der Waals surface area (Å²) in [5.74, 6) is 2.17. The van der Waals surface area contributed by atoms with Crippen LogP contribution in [0.15, 0.2) is 51.9 Å². The van der Waals surface area contributed by atoms with E-state index < -0.39 is 0 Å². The fourth-order valence-electron chi connectivity index (χ4n) is 1.57. The number of aliphatic imine (C=N–C) groups is 1. The lowest BCUT2D eigenvalue weighted by atomic mass is 10.2.